The quantitative estimate of drug-likeness (QED) is 0.837. The van der Waals surface area contributed by atoms with Gasteiger partial charge in [0.25, 0.3) is 0 Å². The average molecular weight is 334 g/mol. The van der Waals surface area contributed by atoms with Crippen LogP contribution in [0.25, 0.3) is 0 Å². The van der Waals surface area contributed by atoms with Gasteiger partial charge < -0.3 is 10.2 Å². The van der Waals surface area contributed by atoms with Crippen molar-refractivity contribution in [2.24, 2.45) is 0 Å². The van der Waals surface area contributed by atoms with Crippen LogP contribution in [-0.4, -0.2) is 49.6 Å². The van der Waals surface area contributed by atoms with Crippen LogP contribution in [-0.2, 0) is 11.3 Å². The zero-order chi connectivity index (χ0) is 18.3. The van der Waals surface area contributed by atoms with Crippen molar-refractivity contribution in [3.05, 3.63) is 29.8 Å². The number of nitrogens with one attached hydrogen (secondary N) is 2. The number of imide groups is 1. The van der Waals surface area contributed by atoms with E-state index in [1.54, 1.807) is 0 Å². The molecule has 0 aliphatic rings. The smallest absolute Gasteiger partial charge is 0.321 e. The number of urea groups is 1. The number of nitrogens with zero attached hydrogens (tertiary/aromatic N) is 2. The zero-order valence-corrected chi connectivity index (χ0v) is 15.6. The number of rotatable bonds is 6. The Balaban J connectivity index is 2.54. The molecular formula is C18H30N4O2. The van der Waals surface area contributed by atoms with Crippen LogP contribution in [0, 0.1) is 0 Å². The minimum Gasteiger partial charge on any atom is -0.378 e. The van der Waals surface area contributed by atoms with Crippen LogP contribution in [0.15, 0.2) is 24.3 Å². The first kappa shape index (κ1) is 20.0. The molecule has 1 aromatic carbocycles. The first-order valence-corrected chi connectivity index (χ1v) is 8.21. The number of carbonyl (C=O) groups excluding carboxylic acids is 2. The van der Waals surface area contributed by atoms with Crippen LogP contribution in [0.2, 0.25) is 0 Å². The van der Waals surface area contributed by atoms with Crippen molar-refractivity contribution >= 4 is 17.6 Å². The zero-order valence-electron chi connectivity index (χ0n) is 15.6. The second kappa shape index (κ2) is 8.68. The van der Waals surface area contributed by atoms with Gasteiger partial charge in [-0.3, -0.25) is 15.0 Å². The van der Waals surface area contributed by atoms with Crippen molar-refractivity contribution in [3.8, 4) is 0 Å². The minimum absolute atomic E-state index is 0.184. The highest BCUT2D eigenvalue weighted by Gasteiger charge is 2.17. The Kier molecular flexibility index (Phi) is 7.22. The van der Waals surface area contributed by atoms with Gasteiger partial charge in [-0.25, -0.2) is 4.79 Å². The van der Waals surface area contributed by atoms with E-state index in [1.165, 1.54) is 0 Å². The maximum Gasteiger partial charge on any atom is 0.321 e. The summed E-state index contributed by atoms with van der Waals surface area (Å²) < 4.78 is 0. The SMILES string of the molecule is CCN(CC(=O)NC(=O)NC(C)(C)C)Cc1ccc(N(C)C)cc1. The number of hydrogen-bond acceptors (Lipinski definition) is 4. The Bertz CT molecular complexity index is 547. The summed E-state index contributed by atoms with van der Waals surface area (Å²) in [4.78, 5) is 27.8. The molecule has 3 amide bonds. The summed E-state index contributed by atoms with van der Waals surface area (Å²) in [5, 5.41) is 5.09. The van der Waals surface area contributed by atoms with Crippen LogP contribution < -0.4 is 15.5 Å². The van der Waals surface area contributed by atoms with Gasteiger partial charge in [0.05, 0.1) is 6.54 Å². The fraction of sp³-hybridized carbons (Fsp3) is 0.556. The Morgan fingerprint density at radius 3 is 2.12 bits per heavy atom. The molecule has 2 N–H and O–H groups in total. The van der Waals surface area contributed by atoms with Crippen LogP contribution in [0.4, 0.5) is 10.5 Å². The molecule has 0 bridgehead atoms. The van der Waals surface area contributed by atoms with Gasteiger partial charge in [0.2, 0.25) is 5.91 Å². The van der Waals surface area contributed by atoms with Crippen molar-refractivity contribution in [2.45, 2.75) is 39.8 Å². The summed E-state index contributed by atoms with van der Waals surface area (Å²) in [5.41, 5.74) is 1.90. The average Bonchev–Trinajstić information content (AvgIpc) is 2.44. The number of anilines is 1. The van der Waals surface area contributed by atoms with Gasteiger partial charge in [0, 0.05) is 31.9 Å². The van der Waals surface area contributed by atoms with Crippen molar-refractivity contribution in [1.29, 1.82) is 0 Å². The van der Waals surface area contributed by atoms with Gasteiger partial charge in [-0.15, -0.1) is 0 Å². The number of carbonyl (C=O) groups is 2. The topological polar surface area (TPSA) is 64.7 Å². The molecular weight excluding hydrogens is 304 g/mol. The van der Waals surface area contributed by atoms with Gasteiger partial charge in [-0.2, -0.15) is 0 Å². The lowest BCUT2D eigenvalue weighted by atomic mass is 10.1. The van der Waals surface area contributed by atoms with Crippen molar-refractivity contribution in [1.82, 2.24) is 15.5 Å². The molecule has 0 unspecified atom stereocenters. The summed E-state index contributed by atoms with van der Waals surface area (Å²) >= 11 is 0. The Morgan fingerprint density at radius 2 is 1.67 bits per heavy atom. The highest BCUT2D eigenvalue weighted by atomic mass is 16.2. The Hall–Kier alpha value is -2.08. The lowest BCUT2D eigenvalue weighted by molar-refractivity contribution is -0.121. The fourth-order valence-corrected chi connectivity index (χ4v) is 2.18. The molecule has 0 heterocycles. The van der Waals surface area contributed by atoms with E-state index in [2.05, 4.69) is 34.9 Å². The van der Waals surface area contributed by atoms with Gasteiger partial charge in [-0.05, 0) is 45.0 Å². The number of likely N-dealkylation sites (N-methyl/N-ethyl adjacent to an activating group) is 1. The molecule has 1 rings (SSSR count). The first-order chi connectivity index (χ1) is 11.1. The Morgan fingerprint density at radius 1 is 1.08 bits per heavy atom. The summed E-state index contributed by atoms with van der Waals surface area (Å²) in [5.74, 6) is -0.302. The molecule has 1 aromatic rings. The van der Waals surface area contributed by atoms with E-state index in [9.17, 15) is 9.59 Å². The van der Waals surface area contributed by atoms with Crippen LogP contribution in [0.1, 0.15) is 33.3 Å². The summed E-state index contributed by atoms with van der Waals surface area (Å²) in [7, 11) is 4.00. The van der Waals surface area contributed by atoms with Crippen LogP contribution >= 0.6 is 0 Å². The minimum atomic E-state index is -0.459. The van der Waals surface area contributed by atoms with Gasteiger partial charge in [0.15, 0.2) is 0 Å². The van der Waals surface area contributed by atoms with Crippen molar-refractivity contribution in [3.63, 3.8) is 0 Å². The summed E-state index contributed by atoms with van der Waals surface area (Å²) in [6.45, 7) is 9.18. The van der Waals surface area contributed by atoms with Crippen LogP contribution in [0.3, 0.4) is 0 Å². The van der Waals surface area contributed by atoms with E-state index in [0.29, 0.717) is 6.54 Å². The maximum absolute atomic E-state index is 12.0. The van der Waals surface area contributed by atoms with Crippen LogP contribution in [0.5, 0.6) is 0 Å². The normalized spacial score (nSPS) is 11.3. The van der Waals surface area contributed by atoms with Gasteiger partial charge in [-0.1, -0.05) is 19.1 Å². The third kappa shape index (κ3) is 7.46. The molecule has 0 aliphatic heterocycles. The molecule has 0 radical (unpaired) electrons. The molecule has 0 aromatic heterocycles. The number of hydrogen-bond donors (Lipinski definition) is 2. The lowest BCUT2D eigenvalue weighted by Crippen LogP contribution is -2.50. The van der Waals surface area contributed by atoms with E-state index in [1.807, 2.05) is 51.6 Å². The van der Waals surface area contributed by atoms with Gasteiger partial charge >= 0.3 is 6.03 Å². The van der Waals surface area contributed by atoms with E-state index in [4.69, 9.17) is 0 Å². The standard InChI is InChI=1S/C18H30N4O2/c1-7-22(12-14-8-10-15(11-9-14)21(5)6)13-16(23)19-17(24)20-18(2,3)4/h8-11H,7,12-13H2,1-6H3,(H2,19,20,23,24). The second-order valence-corrected chi connectivity index (χ2v) is 7.12. The van der Waals surface area contributed by atoms with E-state index in [-0.39, 0.29) is 18.0 Å². The van der Waals surface area contributed by atoms with Crippen molar-refractivity contribution in [2.75, 3.05) is 32.1 Å². The predicted molar refractivity (Wildman–Crippen MR) is 98.1 cm³/mol. The molecule has 24 heavy (non-hydrogen) atoms. The Labute approximate surface area is 145 Å². The van der Waals surface area contributed by atoms with E-state index >= 15 is 0 Å². The van der Waals surface area contributed by atoms with Crippen molar-refractivity contribution < 1.29 is 9.59 Å². The molecule has 6 nitrogen and oxygen atoms in total. The predicted octanol–water partition coefficient (Wildman–Crippen LogP) is 2.20. The van der Waals surface area contributed by atoms with Gasteiger partial charge in [0.1, 0.15) is 0 Å². The molecule has 0 aliphatic carbocycles. The highest BCUT2D eigenvalue weighted by Crippen LogP contribution is 2.13. The lowest BCUT2D eigenvalue weighted by Gasteiger charge is -2.22. The maximum atomic E-state index is 12.0. The largest absolute Gasteiger partial charge is 0.378 e. The molecule has 0 spiro atoms. The molecule has 0 atom stereocenters. The molecule has 134 valence electrons. The first-order valence-electron chi connectivity index (χ1n) is 8.21. The third-order valence-corrected chi connectivity index (χ3v) is 3.41. The highest BCUT2D eigenvalue weighted by molar-refractivity contribution is 5.95. The monoisotopic (exact) mass is 334 g/mol. The van der Waals surface area contributed by atoms with E-state index in [0.717, 1.165) is 17.8 Å². The summed E-state index contributed by atoms with van der Waals surface area (Å²) in [6, 6.07) is 7.77. The summed E-state index contributed by atoms with van der Waals surface area (Å²) in [6.07, 6.45) is 0. The fourth-order valence-electron chi connectivity index (χ4n) is 2.18. The third-order valence-electron chi connectivity index (χ3n) is 3.41. The molecule has 0 saturated heterocycles. The molecule has 0 saturated carbocycles. The van der Waals surface area contributed by atoms with E-state index < -0.39 is 6.03 Å². The number of benzene rings is 1. The number of amides is 3. The molecule has 6 heteroatoms. The second-order valence-electron chi connectivity index (χ2n) is 7.12. The molecule has 0 fully saturated rings.